The average molecular weight is 363 g/mol. The van der Waals surface area contributed by atoms with Crippen LogP contribution < -0.4 is 5.32 Å². The number of amides is 2. The number of hydrogen-bond donors (Lipinski definition) is 1. The summed E-state index contributed by atoms with van der Waals surface area (Å²) >= 11 is 1.79. The fourth-order valence-electron chi connectivity index (χ4n) is 3.48. The second kappa shape index (κ2) is 7.70. The molecule has 0 saturated heterocycles. The van der Waals surface area contributed by atoms with Crippen LogP contribution in [0, 0.1) is 0 Å². The van der Waals surface area contributed by atoms with Crippen LogP contribution in [0.1, 0.15) is 27.7 Å². The van der Waals surface area contributed by atoms with Gasteiger partial charge in [-0.2, -0.15) is 0 Å². The van der Waals surface area contributed by atoms with Gasteiger partial charge < -0.3 is 10.2 Å². The van der Waals surface area contributed by atoms with Gasteiger partial charge in [-0.05, 0) is 41.1 Å². The van der Waals surface area contributed by atoms with Crippen LogP contribution in [0.15, 0.2) is 66.2 Å². The topological polar surface area (TPSA) is 45.2 Å². The number of carbonyl (C=O) groups excluding carboxylic acids is 1. The number of fused-ring (bicyclic) bond motifs is 1. The van der Waals surface area contributed by atoms with Crippen molar-refractivity contribution in [3.63, 3.8) is 0 Å². The summed E-state index contributed by atoms with van der Waals surface area (Å²) in [5.74, 6) is 0. The van der Waals surface area contributed by atoms with Gasteiger partial charge >= 0.3 is 6.03 Å². The van der Waals surface area contributed by atoms with E-state index in [-0.39, 0.29) is 12.1 Å². The molecule has 0 unspecified atom stereocenters. The molecule has 0 fully saturated rings. The molecular formula is C21H21N3OS. The van der Waals surface area contributed by atoms with Crippen molar-refractivity contribution in [1.29, 1.82) is 0 Å². The lowest BCUT2D eigenvalue weighted by atomic mass is 9.93. The van der Waals surface area contributed by atoms with Crippen molar-refractivity contribution in [1.82, 2.24) is 15.2 Å². The zero-order chi connectivity index (χ0) is 17.8. The molecule has 1 aromatic carbocycles. The van der Waals surface area contributed by atoms with E-state index in [9.17, 15) is 4.79 Å². The second-order valence-electron chi connectivity index (χ2n) is 6.36. The van der Waals surface area contributed by atoms with E-state index in [2.05, 4.69) is 33.9 Å². The maximum absolute atomic E-state index is 12.9. The average Bonchev–Trinajstić information content (AvgIpc) is 3.17. The summed E-state index contributed by atoms with van der Waals surface area (Å²) in [4.78, 5) is 20.6. The third-order valence-corrected chi connectivity index (χ3v) is 5.72. The van der Waals surface area contributed by atoms with E-state index >= 15 is 0 Å². The predicted molar refractivity (Wildman–Crippen MR) is 104 cm³/mol. The molecule has 1 N–H and O–H groups in total. The Morgan fingerprint density at radius 2 is 2.00 bits per heavy atom. The standard InChI is InChI=1S/C21H21N3OS/c25-21(23-13-9-17-8-4-5-12-22-17)24-14-10-19-18(11-15-26-19)20(24)16-6-2-1-3-7-16/h1-8,11-12,15,20H,9-10,13-14H2,(H,23,25)/t20-/m0/s1. The van der Waals surface area contributed by atoms with Crippen LogP contribution in [0.3, 0.4) is 0 Å². The molecule has 132 valence electrons. The Hall–Kier alpha value is -2.66. The van der Waals surface area contributed by atoms with Crippen LogP contribution in [0.2, 0.25) is 0 Å². The van der Waals surface area contributed by atoms with Gasteiger partial charge in [0.05, 0.1) is 6.04 Å². The van der Waals surface area contributed by atoms with E-state index < -0.39 is 0 Å². The summed E-state index contributed by atoms with van der Waals surface area (Å²) in [5.41, 5.74) is 3.41. The maximum Gasteiger partial charge on any atom is 0.318 e. The molecule has 26 heavy (non-hydrogen) atoms. The monoisotopic (exact) mass is 363 g/mol. The number of nitrogens with zero attached hydrogens (tertiary/aromatic N) is 2. The lowest BCUT2D eigenvalue weighted by Crippen LogP contribution is -2.46. The molecule has 0 saturated carbocycles. The quantitative estimate of drug-likeness (QED) is 0.760. The molecule has 4 rings (SSSR count). The molecule has 0 radical (unpaired) electrons. The minimum absolute atomic E-state index is 0.00775. The number of thiophene rings is 1. The molecule has 0 bridgehead atoms. The van der Waals surface area contributed by atoms with Crippen LogP contribution in [0.5, 0.6) is 0 Å². The minimum Gasteiger partial charge on any atom is -0.338 e. The molecule has 1 aliphatic heterocycles. The Morgan fingerprint density at radius 1 is 1.15 bits per heavy atom. The first-order valence-corrected chi connectivity index (χ1v) is 9.76. The SMILES string of the molecule is O=C(NCCc1ccccn1)N1CCc2sccc2[C@@H]1c1ccccc1. The lowest BCUT2D eigenvalue weighted by molar-refractivity contribution is 0.181. The Balaban J connectivity index is 1.50. The molecular weight excluding hydrogens is 342 g/mol. The minimum atomic E-state index is -0.0129. The molecule has 1 atom stereocenters. The van der Waals surface area contributed by atoms with E-state index in [1.807, 2.05) is 41.3 Å². The van der Waals surface area contributed by atoms with Crippen molar-refractivity contribution in [3.05, 3.63) is 87.9 Å². The molecule has 2 aromatic heterocycles. The molecule has 0 aliphatic carbocycles. The number of pyridine rings is 1. The van der Waals surface area contributed by atoms with Gasteiger partial charge in [-0.15, -0.1) is 11.3 Å². The first kappa shape index (κ1) is 16.8. The smallest absolute Gasteiger partial charge is 0.318 e. The third-order valence-electron chi connectivity index (χ3n) is 4.73. The molecule has 0 spiro atoms. The first-order chi connectivity index (χ1) is 12.8. The zero-order valence-electron chi connectivity index (χ0n) is 14.5. The molecule has 4 nitrogen and oxygen atoms in total. The molecule has 2 amide bonds. The highest BCUT2D eigenvalue weighted by Gasteiger charge is 2.32. The highest BCUT2D eigenvalue weighted by atomic mass is 32.1. The van der Waals surface area contributed by atoms with Crippen molar-refractivity contribution < 1.29 is 4.79 Å². The Kier molecular flexibility index (Phi) is 4.97. The van der Waals surface area contributed by atoms with Gasteiger partial charge in [0.2, 0.25) is 0 Å². The summed E-state index contributed by atoms with van der Waals surface area (Å²) in [6, 6.07) is 18.3. The van der Waals surface area contributed by atoms with Crippen molar-refractivity contribution in [2.45, 2.75) is 18.9 Å². The summed E-state index contributed by atoms with van der Waals surface area (Å²) in [6.07, 6.45) is 3.44. The number of nitrogens with one attached hydrogen (secondary N) is 1. The normalized spacial score (nSPS) is 16.2. The van der Waals surface area contributed by atoms with Crippen molar-refractivity contribution in [2.24, 2.45) is 0 Å². The summed E-state index contributed by atoms with van der Waals surface area (Å²) < 4.78 is 0. The van der Waals surface area contributed by atoms with Crippen LogP contribution in [-0.2, 0) is 12.8 Å². The van der Waals surface area contributed by atoms with Gasteiger partial charge in [0.25, 0.3) is 0 Å². The lowest BCUT2D eigenvalue weighted by Gasteiger charge is -2.36. The van der Waals surface area contributed by atoms with Gasteiger partial charge in [0.1, 0.15) is 0 Å². The fraction of sp³-hybridized carbons (Fsp3) is 0.238. The highest BCUT2D eigenvalue weighted by Crippen LogP contribution is 2.37. The molecule has 5 heteroatoms. The van der Waals surface area contributed by atoms with Gasteiger partial charge in [-0.1, -0.05) is 36.4 Å². The summed E-state index contributed by atoms with van der Waals surface area (Å²) in [6.45, 7) is 1.33. The van der Waals surface area contributed by atoms with Crippen LogP contribution in [-0.4, -0.2) is 29.0 Å². The summed E-state index contributed by atoms with van der Waals surface area (Å²) in [7, 11) is 0. The predicted octanol–water partition coefficient (Wildman–Crippen LogP) is 4.04. The molecule has 3 aromatic rings. The van der Waals surface area contributed by atoms with Gasteiger partial charge in [0.15, 0.2) is 0 Å². The van der Waals surface area contributed by atoms with Crippen molar-refractivity contribution in [2.75, 3.05) is 13.1 Å². The molecule has 1 aliphatic rings. The fourth-order valence-corrected chi connectivity index (χ4v) is 4.38. The Labute approximate surface area is 157 Å². The highest BCUT2D eigenvalue weighted by molar-refractivity contribution is 7.10. The molecule has 3 heterocycles. The number of benzene rings is 1. The largest absolute Gasteiger partial charge is 0.338 e. The van der Waals surface area contributed by atoms with Gasteiger partial charge in [-0.25, -0.2) is 4.79 Å². The van der Waals surface area contributed by atoms with Gasteiger partial charge in [0, 0.05) is 36.3 Å². The van der Waals surface area contributed by atoms with Crippen molar-refractivity contribution in [3.8, 4) is 0 Å². The third kappa shape index (κ3) is 3.48. The maximum atomic E-state index is 12.9. The number of hydrogen-bond acceptors (Lipinski definition) is 3. The van der Waals surface area contributed by atoms with Crippen molar-refractivity contribution >= 4 is 17.4 Å². The number of rotatable bonds is 4. The zero-order valence-corrected chi connectivity index (χ0v) is 15.3. The van der Waals surface area contributed by atoms with E-state index in [4.69, 9.17) is 0 Å². The van der Waals surface area contributed by atoms with Crippen LogP contribution in [0.25, 0.3) is 0 Å². The number of carbonyl (C=O) groups is 1. The Bertz CT molecular complexity index is 863. The van der Waals surface area contributed by atoms with Crippen LogP contribution >= 0.6 is 11.3 Å². The van der Waals surface area contributed by atoms with Gasteiger partial charge in [-0.3, -0.25) is 4.98 Å². The van der Waals surface area contributed by atoms with Crippen LogP contribution in [0.4, 0.5) is 4.79 Å². The number of urea groups is 1. The van der Waals surface area contributed by atoms with E-state index in [0.717, 1.165) is 30.6 Å². The second-order valence-corrected chi connectivity index (χ2v) is 7.36. The van der Waals surface area contributed by atoms with E-state index in [0.29, 0.717) is 6.54 Å². The first-order valence-electron chi connectivity index (χ1n) is 8.88. The Morgan fingerprint density at radius 3 is 2.81 bits per heavy atom. The number of aromatic nitrogens is 1. The van der Waals surface area contributed by atoms with E-state index in [1.165, 1.54) is 10.4 Å². The summed E-state index contributed by atoms with van der Waals surface area (Å²) in [5, 5.41) is 5.20. The van der Waals surface area contributed by atoms with E-state index in [1.54, 1.807) is 17.5 Å².